The minimum atomic E-state index is -0.132. The zero-order valence-corrected chi connectivity index (χ0v) is 13.0. The number of pyridine rings is 1. The van der Waals surface area contributed by atoms with Gasteiger partial charge in [-0.25, -0.2) is 9.15 Å². The van der Waals surface area contributed by atoms with E-state index in [4.69, 9.17) is 16.6 Å². The molecular formula is C17H14ClN3O2. The first kappa shape index (κ1) is 14.1. The van der Waals surface area contributed by atoms with E-state index in [1.165, 1.54) is 15.2 Å². The van der Waals surface area contributed by atoms with Crippen molar-refractivity contribution in [3.8, 4) is 0 Å². The fourth-order valence-corrected chi connectivity index (χ4v) is 2.97. The fourth-order valence-electron chi connectivity index (χ4n) is 2.74. The topological polar surface area (TPSA) is 37.7 Å². The third-order valence-electron chi connectivity index (χ3n) is 3.83. The normalized spacial score (nSPS) is 15.4. The van der Waals surface area contributed by atoms with Crippen LogP contribution in [0.15, 0.2) is 71.4 Å². The van der Waals surface area contributed by atoms with Crippen LogP contribution in [-0.4, -0.2) is 10.6 Å². The molecule has 3 heterocycles. The first-order valence-electron chi connectivity index (χ1n) is 7.28. The first-order valence-corrected chi connectivity index (χ1v) is 7.61. The lowest BCUT2D eigenvalue weighted by atomic mass is 10.2. The predicted octanol–water partition coefficient (Wildman–Crippen LogP) is 3.02. The molecule has 0 N–H and O–H groups in total. The predicted molar refractivity (Wildman–Crippen MR) is 90.2 cm³/mol. The van der Waals surface area contributed by atoms with Crippen molar-refractivity contribution in [1.29, 1.82) is 0 Å². The molecule has 0 aliphatic carbocycles. The van der Waals surface area contributed by atoms with E-state index >= 15 is 0 Å². The third kappa shape index (κ3) is 2.44. The summed E-state index contributed by atoms with van der Waals surface area (Å²) in [4.78, 5) is 20.2. The molecule has 23 heavy (non-hydrogen) atoms. The van der Waals surface area contributed by atoms with E-state index in [-0.39, 0.29) is 5.43 Å². The highest BCUT2D eigenvalue weighted by Gasteiger charge is 2.30. The second-order valence-electron chi connectivity index (χ2n) is 5.32. The van der Waals surface area contributed by atoms with E-state index in [0.29, 0.717) is 24.7 Å². The summed E-state index contributed by atoms with van der Waals surface area (Å²) in [6.07, 6.45) is 7.37. The summed E-state index contributed by atoms with van der Waals surface area (Å²) in [5.41, 5.74) is 2.25. The summed E-state index contributed by atoms with van der Waals surface area (Å²) in [5, 5.41) is 1.52. The van der Waals surface area contributed by atoms with Crippen LogP contribution in [-0.2, 0) is 11.4 Å². The molecule has 1 aromatic heterocycles. The Balaban J connectivity index is 1.72. The molecule has 6 heteroatoms. The summed E-state index contributed by atoms with van der Waals surface area (Å²) in [6.45, 7) is 1.05. The van der Waals surface area contributed by atoms with Gasteiger partial charge in [0, 0.05) is 30.6 Å². The monoisotopic (exact) mass is 327 g/mol. The average molecular weight is 328 g/mol. The molecule has 5 nitrogen and oxygen atoms in total. The highest BCUT2D eigenvalue weighted by atomic mass is 35.5. The van der Waals surface area contributed by atoms with Crippen LogP contribution in [0, 0.1) is 0 Å². The van der Waals surface area contributed by atoms with Crippen LogP contribution in [0.2, 0.25) is 0 Å². The number of fused-ring (bicyclic) bond motifs is 3. The molecular weight excluding hydrogens is 314 g/mol. The number of allylic oxidation sites excluding steroid dienone is 1. The van der Waals surface area contributed by atoms with Crippen molar-refractivity contribution in [3.63, 3.8) is 0 Å². The summed E-state index contributed by atoms with van der Waals surface area (Å²) in [6, 6.07) is 11.3. The lowest BCUT2D eigenvalue weighted by Crippen LogP contribution is -2.35. The number of anilines is 2. The lowest BCUT2D eigenvalue weighted by Gasteiger charge is -2.33. The highest BCUT2D eigenvalue weighted by Crippen LogP contribution is 2.37. The SMILES string of the molecule is O=c1ccn(Cl)c2c1N(OCc1ccccc1)C=C1C=CCN12. The molecule has 0 saturated carbocycles. The van der Waals surface area contributed by atoms with Crippen molar-refractivity contribution in [2.45, 2.75) is 6.61 Å². The molecule has 2 aromatic rings. The molecule has 0 unspecified atom stereocenters. The number of hydrogen-bond donors (Lipinski definition) is 0. The molecule has 4 rings (SSSR count). The maximum atomic E-state index is 12.4. The number of rotatable bonds is 3. The zero-order chi connectivity index (χ0) is 15.8. The van der Waals surface area contributed by atoms with Crippen molar-refractivity contribution in [3.05, 3.63) is 82.4 Å². The van der Waals surface area contributed by atoms with Crippen molar-refractivity contribution in [2.24, 2.45) is 0 Å². The average Bonchev–Trinajstić information content (AvgIpc) is 3.04. The number of benzene rings is 1. The van der Waals surface area contributed by atoms with Crippen molar-refractivity contribution in [2.75, 3.05) is 16.5 Å². The Hall–Kier alpha value is -2.50. The summed E-state index contributed by atoms with van der Waals surface area (Å²) in [5.74, 6) is 0.620. The van der Waals surface area contributed by atoms with Crippen LogP contribution >= 0.6 is 11.8 Å². The maximum absolute atomic E-state index is 12.4. The van der Waals surface area contributed by atoms with Gasteiger partial charge in [-0.05, 0) is 11.6 Å². The van der Waals surface area contributed by atoms with Gasteiger partial charge in [-0.3, -0.25) is 9.63 Å². The molecule has 0 radical (unpaired) electrons. The number of hydroxylamine groups is 1. The van der Waals surface area contributed by atoms with Crippen molar-refractivity contribution >= 4 is 23.3 Å². The van der Waals surface area contributed by atoms with Crippen LogP contribution in [0.1, 0.15) is 5.56 Å². The Morgan fingerprint density at radius 2 is 2.00 bits per heavy atom. The van der Waals surface area contributed by atoms with E-state index in [0.717, 1.165) is 11.3 Å². The van der Waals surface area contributed by atoms with Gasteiger partial charge < -0.3 is 4.90 Å². The van der Waals surface area contributed by atoms with Crippen LogP contribution < -0.4 is 15.4 Å². The van der Waals surface area contributed by atoms with E-state index in [9.17, 15) is 4.79 Å². The van der Waals surface area contributed by atoms with E-state index in [1.54, 1.807) is 6.20 Å². The Labute approximate surface area is 138 Å². The third-order valence-corrected chi connectivity index (χ3v) is 4.10. The van der Waals surface area contributed by atoms with Gasteiger partial charge in [0.25, 0.3) is 0 Å². The second kappa shape index (κ2) is 5.61. The minimum Gasteiger partial charge on any atom is -0.320 e. The van der Waals surface area contributed by atoms with Gasteiger partial charge in [0.1, 0.15) is 6.61 Å². The van der Waals surface area contributed by atoms with Gasteiger partial charge in [0.05, 0.1) is 11.9 Å². The second-order valence-corrected chi connectivity index (χ2v) is 5.68. The molecule has 0 atom stereocenters. The molecule has 0 saturated heterocycles. The largest absolute Gasteiger partial charge is 0.320 e. The number of aromatic nitrogens is 1. The van der Waals surface area contributed by atoms with Gasteiger partial charge in [-0.1, -0.05) is 36.4 Å². The molecule has 0 spiro atoms. The first-order chi connectivity index (χ1) is 11.2. The maximum Gasteiger partial charge on any atom is 0.209 e. The van der Waals surface area contributed by atoms with Crippen LogP contribution in [0.5, 0.6) is 0 Å². The number of halogens is 1. The van der Waals surface area contributed by atoms with E-state index in [1.807, 2.05) is 53.6 Å². The smallest absolute Gasteiger partial charge is 0.209 e. The lowest BCUT2D eigenvalue weighted by molar-refractivity contribution is 0.117. The molecule has 2 aliphatic heterocycles. The Morgan fingerprint density at radius 1 is 1.17 bits per heavy atom. The van der Waals surface area contributed by atoms with Gasteiger partial charge in [0.15, 0.2) is 11.5 Å². The van der Waals surface area contributed by atoms with Gasteiger partial charge in [0.2, 0.25) is 5.43 Å². The molecule has 0 fully saturated rings. The fraction of sp³-hybridized carbons (Fsp3) is 0.118. The van der Waals surface area contributed by atoms with Crippen LogP contribution in [0.4, 0.5) is 11.5 Å². The van der Waals surface area contributed by atoms with Crippen LogP contribution in [0.3, 0.4) is 0 Å². The molecule has 116 valence electrons. The Bertz CT molecular complexity index is 858. The highest BCUT2D eigenvalue weighted by molar-refractivity contribution is 6.17. The Kier molecular flexibility index (Phi) is 3.44. The van der Waals surface area contributed by atoms with E-state index < -0.39 is 0 Å². The summed E-state index contributed by atoms with van der Waals surface area (Å²) >= 11 is 6.26. The van der Waals surface area contributed by atoms with Crippen molar-refractivity contribution in [1.82, 2.24) is 4.09 Å². The summed E-state index contributed by atoms with van der Waals surface area (Å²) < 4.78 is 1.43. The molecule has 0 bridgehead atoms. The van der Waals surface area contributed by atoms with E-state index in [2.05, 4.69) is 0 Å². The van der Waals surface area contributed by atoms with Gasteiger partial charge >= 0.3 is 0 Å². The summed E-state index contributed by atoms with van der Waals surface area (Å²) in [7, 11) is 0. The van der Waals surface area contributed by atoms with Crippen molar-refractivity contribution < 1.29 is 4.84 Å². The molecule has 0 amide bonds. The van der Waals surface area contributed by atoms with Gasteiger partial charge in [-0.2, -0.15) is 0 Å². The quantitative estimate of drug-likeness (QED) is 0.868. The molecule has 2 aliphatic rings. The van der Waals surface area contributed by atoms with Gasteiger partial charge in [-0.15, -0.1) is 0 Å². The number of nitrogens with zero attached hydrogens (tertiary/aromatic N) is 3. The standard InChI is InChI=1S/C17H14ClN3O2/c18-20-10-8-15(22)16-17(20)19-9-4-7-14(19)11-21(16)23-12-13-5-2-1-3-6-13/h1-8,10-11H,9,12H2. The Morgan fingerprint density at radius 3 is 2.83 bits per heavy atom. The number of hydrogen-bond acceptors (Lipinski definition) is 4. The molecule has 1 aromatic carbocycles. The van der Waals surface area contributed by atoms with Crippen LogP contribution in [0.25, 0.3) is 0 Å². The zero-order valence-electron chi connectivity index (χ0n) is 12.2. The minimum absolute atomic E-state index is 0.132.